The van der Waals surface area contributed by atoms with E-state index in [1.807, 2.05) is 36.4 Å². The first-order valence-electron chi connectivity index (χ1n) is 23.3. The van der Waals surface area contributed by atoms with Crippen molar-refractivity contribution in [3.8, 4) is 11.3 Å². The lowest BCUT2D eigenvalue weighted by atomic mass is 9.87. The normalized spacial score (nSPS) is 14.2. The second kappa shape index (κ2) is 29.1. The number of fused-ring (bicyclic) bond motifs is 1. The number of amides is 2. The number of carbonyl (C=O) groups excluding carboxylic acids is 2. The molecular weight excluding hydrogens is 924 g/mol. The molecule has 4 aromatic carbocycles. The van der Waals surface area contributed by atoms with Crippen LogP contribution in [0.25, 0.3) is 11.3 Å². The number of hydrogen-bond acceptors (Lipinski definition) is 10. The number of rotatable bonds is 25. The van der Waals surface area contributed by atoms with Gasteiger partial charge in [0.1, 0.15) is 0 Å². The van der Waals surface area contributed by atoms with Gasteiger partial charge in [0.25, 0.3) is 11.8 Å². The maximum Gasteiger partial charge on any atom is 0.305 e. The molecule has 1 atom stereocenters. The van der Waals surface area contributed by atoms with Crippen LogP contribution in [0.1, 0.15) is 94.0 Å². The zero-order valence-electron chi connectivity index (χ0n) is 38.5. The number of aromatic nitrogens is 1. The quantitative estimate of drug-likeness (QED) is 0.0379. The number of piperidine rings is 1. The van der Waals surface area contributed by atoms with Gasteiger partial charge in [0, 0.05) is 58.9 Å². The number of nitrogens with zero attached hydrogens (tertiary/aromatic N) is 2. The van der Waals surface area contributed by atoms with Crippen LogP contribution in [0.2, 0.25) is 0 Å². The lowest BCUT2D eigenvalue weighted by molar-refractivity contribution is -0.138. The zero-order chi connectivity index (χ0) is 45.8. The molecule has 1 aliphatic carbocycles. The third-order valence-corrected chi connectivity index (χ3v) is 12.8. The van der Waals surface area contributed by atoms with E-state index >= 15 is 0 Å². The molecule has 1 saturated heterocycles. The van der Waals surface area contributed by atoms with Gasteiger partial charge in [-0.15, -0.1) is 36.6 Å². The zero-order valence-corrected chi connectivity index (χ0v) is 41.0. The number of halogens is 2. The van der Waals surface area contributed by atoms with Crippen molar-refractivity contribution in [2.45, 2.75) is 74.5 Å². The average Bonchev–Trinajstić information content (AvgIpc) is 3.35. The number of carboxylic acid groups (broad SMARTS) is 1. The molecule has 1 aromatic heterocycles. The van der Waals surface area contributed by atoms with Crippen molar-refractivity contribution in [1.82, 2.24) is 10.3 Å². The van der Waals surface area contributed by atoms with Crippen molar-refractivity contribution in [3.63, 3.8) is 0 Å². The van der Waals surface area contributed by atoms with E-state index in [0.29, 0.717) is 74.5 Å². The predicted octanol–water partition coefficient (Wildman–Crippen LogP) is 10.4. The van der Waals surface area contributed by atoms with Crippen LogP contribution in [-0.2, 0) is 42.3 Å². The molecule has 2 amide bonds. The van der Waals surface area contributed by atoms with Crippen LogP contribution in [0.15, 0.2) is 114 Å². The minimum Gasteiger partial charge on any atom is -0.481 e. The maximum absolute atomic E-state index is 14.0. The molecule has 12 nitrogen and oxygen atoms in total. The van der Waals surface area contributed by atoms with E-state index in [0.717, 1.165) is 79.7 Å². The summed E-state index contributed by atoms with van der Waals surface area (Å²) in [6.07, 6.45) is 9.92. The van der Waals surface area contributed by atoms with Crippen molar-refractivity contribution in [2.75, 3.05) is 76.2 Å². The molecule has 2 aliphatic rings. The Kier molecular flexibility index (Phi) is 23.1. The van der Waals surface area contributed by atoms with Crippen LogP contribution in [0, 0.1) is 0 Å². The van der Waals surface area contributed by atoms with Crippen molar-refractivity contribution >= 4 is 65.7 Å². The molecule has 3 N–H and O–H groups in total. The number of ether oxygens (including phenoxy) is 4. The van der Waals surface area contributed by atoms with Gasteiger partial charge in [-0.25, -0.2) is 0 Å². The summed E-state index contributed by atoms with van der Waals surface area (Å²) in [5.74, 6) is -0.516. The summed E-state index contributed by atoms with van der Waals surface area (Å²) >= 11 is 1.74. The van der Waals surface area contributed by atoms with Crippen LogP contribution in [0.5, 0.6) is 0 Å². The highest BCUT2D eigenvalue weighted by Gasteiger charge is 2.23. The number of carbonyl (C=O) groups is 3. The van der Waals surface area contributed by atoms with Crippen molar-refractivity contribution < 1.29 is 38.4 Å². The van der Waals surface area contributed by atoms with Crippen molar-refractivity contribution in [3.05, 3.63) is 143 Å². The number of aliphatic carboxylic acids is 1. The van der Waals surface area contributed by atoms with Gasteiger partial charge in [0.15, 0.2) is 0 Å². The van der Waals surface area contributed by atoms with Crippen molar-refractivity contribution in [2.24, 2.45) is 0 Å². The average molecular weight is 988 g/mol. The van der Waals surface area contributed by atoms with Gasteiger partial charge in [0.2, 0.25) is 0 Å². The highest BCUT2D eigenvalue weighted by atomic mass is 35.5. The fraction of sp³-hybridized carbons (Fsp3) is 0.396. The monoisotopic (exact) mass is 986 g/mol. The molecule has 364 valence electrons. The van der Waals surface area contributed by atoms with E-state index in [-0.39, 0.29) is 55.7 Å². The van der Waals surface area contributed by atoms with Gasteiger partial charge in [-0.2, -0.15) is 0 Å². The number of anilines is 2. The number of thioether (sulfide) groups is 1. The second-order valence-corrected chi connectivity index (χ2v) is 17.7. The molecule has 0 bridgehead atoms. The second-order valence-electron chi connectivity index (χ2n) is 16.6. The summed E-state index contributed by atoms with van der Waals surface area (Å²) in [7, 11) is 0. The summed E-state index contributed by atoms with van der Waals surface area (Å²) in [6.45, 7) is 5.45. The largest absolute Gasteiger partial charge is 0.481 e. The Morgan fingerprint density at radius 2 is 1.40 bits per heavy atom. The van der Waals surface area contributed by atoms with Crippen molar-refractivity contribution in [1.29, 1.82) is 0 Å². The number of hydrogen-bond donors (Lipinski definition) is 3. The van der Waals surface area contributed by atoms with Crippen LogP contribution in [0.3, 0.4) is 0 Å². The molecule has 68 heavy (non-hydrogen) atoms. The van der Waals surface area contributed by atoms with E-state index in [9.17, 15) is 14.4 Å². The van der Waals surface area contributed by atoms with E-state index in [1.165, 1.54) is 23.1 Å². The summed E-state index contributed by atoms with van der Waals surface area (Å²) in [6, 6.07) is 34.4. The van der Waals surface area contributed by atoms with Gasteiger partial charge < -0.3 is 39.6 Å². The lowest BCUT2D eigenvalue weighted by Gasteiger charge is -2.29. The van der Waals surface area contributed by atoms with Gasteiger partial charge in [-0.3, -0.25) is 19.4 Å². The Morgan fingerprint density at radius 3 is 2.18 bits per heavy atom. The predicted molar refractivity (Wildman–Crippen MR) is 274 cm³/mol. The summed E-state index contributed by atoms with van der Waals surface area (Å²) < 4.78 is 21.9. The highest BCUT2D eigenvalue weighted by molar-refractivity contribution is 7.98. The van der Waals surface area contributed by atoms with Gasteiger partial charge in [-0.05, 0) is 128 Å². The molecule has 2 heterocycles. The third kappa shape index (κ3) is 16.9. The first kappa shape index (κ1) is 54.0. The third-order valence-electron chi connectivity index (χ3n) is 11.8. The molecule has 1 fully saturated rings. The Bertz CT molecular complexity index is 2370. The minimum atomic E-state index is -0.875. The van der Waals surface area contributed by atoms with E-state index in [4.69, 9.17) is 29.0 Å². The number of aryl methyl sites for hydroxylation is 2. The topological polar surface area (TPSA) is 149 Å². The van der Waals surface area contributed by atoms with Crippen LogP contribution >= 0.6 is 36.6 Å². The fourth-order valence-corrected chi connectivity index (χ4v) is 9.24. The Morgan fingerprint density at radius 1 is 0.691 bits per heavy atom. The molecule has 0 saturated carbocycles. The fourth-order valence-electron chi connectivity index (χ4n) is 8.32. The van der Waals surface area contributed by atoms with Gasteiger partial charge >= 0.3 is 5.97 Å². The van der Waals surface area contributed by atoms with E-state index < -0.39 is 5.97 Å². The summed E-state index contributed by atoms with van der Waals surface area (Å²) in [5.41, 5.74) is 8.98. The maximum atomic E-state index is 14.0. The highest BCUT2D eigenvalue weighted by Crippen LogP contribution is 2.34. The Hall–Kier alpha value is -4.99. The summed E-state index contributed by atoms with van der Waals surface area (Å²) in [4.78, 5) is 46.5. The molecular formula is C53H64Cl2N4O8S. The molecule has 0 unspecified atom stereocenters. The minimum absolute atomic E-state index is 0. The van der Waals surface area contributed by atoms with Crippen LogP contribution in [-0.4, -0.2) is 93.8 Å². The van der Waals surface area contributed by atoms with Crippen LogP contribution < -0.4 is 15.5 Å². The Balaban J connectivity index is 0.00000432. The molecule has 7 rings (SSSR count). The van der Waals surface area contributed by atoms with Gasteiger partial charge in [-0.1, -0.05) is 48.5 Å². The van der Waals surface area contributed by atoms with E-state index in [1.54, 1.807) is 24.0 Å². The molecule has 0 spiro atoms. The number of benzene rings is 4. The van der Waals surface area contributed by atoms with Gasteiger partial charge in [0.05, 0.1) is 70.1 Å². The molecule has 0 radical (unpaired) electrons. The first-order chi connectivity index (χ1) is 32.4. The number of pyridine rings is 1. The number of carboxylic acids is 1. The standard InChI is InChI=1S/C53H62N4O8S.2ClH/c58-51(59)22-27-63-29-31-65-33-32-64-30-28-62-26-9-12-39-10-7-16-45(35-39)66-38-40-11-6-15-42(34-40)52(60)56-49-20-19-44(57-24-4-1-5-25-57)37-47(49)50-36-43(21-23-54-50)53(61)55-48-18-8-14-41-13-2-3-17-46(41)48;;/h2-3,6-7,10-11,13,15-17,19-21,23,34-37,48H,1,4-5,8-9,12,14,18,22,24-33,38H2,(H,55,61)(H,56,60)(H,58,59);2*1H/t48-;;/m0../s1. The van der Waals surface area contributed by atoms with E-state index in [2.05, 4.69) is 76.2 Å². The summed E-state index contributed by atoms with van der Waals surface area (Å²) in [5, 5.41) is 15.1. The number of nitrogens with one attached hydrogen (secondary N) is 2. The molecule has 5 aromatic rings. The molecule has 15 heteroatoms. The SMILES string of the molecule is Cl.Cl.O=C(O)CCOCCOCCOCCOCCCc1cccc(SCc2cccc(C(=O)Nc3ccc(N4CCCCC4)cc3-c3cc(C(=O)N[C@H]4CCCc5ccccc54)ccn3)c2)c1. The molecule has 1 aliphatic heterocycles. The first-order valence-corrected chi connectivity index (χ1v) is 24.3. The lowest BCUT2D eigenvalue weighted by Crippen LogP contribution is -2.31. The Labute approximate surface area is 417 Å². The smallest absolute Gasteiger partial charge is 0.305 e. The van der Waals surface area contributed by atoms with Crippen LogP contribution in [0.4, 0.5) is 11.4 Å².